The molecule has 3 heteroatoms. The molecule has 0 spiro atoms. The Bertz CT molecular complexity index is 447. The second kappa shape index (κ2) is 6.60. The van der Waals surface area contributed by atoms with Gasteiger partial charge >= 0.3 is 0 Å². The van der Waals surface area contributed by atoms with Crippen LogP contribution in [0.15, 0.2) is 23.2 Å². The van der Waals surface area contributed by atoms with Crippen molar-refractivity contribution in [2.24, 2.45) is 10.9 Å². The second-order valence-electron chi connectivity index (χ2n) is 5.51. The van der Waals surface area contributed by atoms with Crippen LogP contribution < -0.4 is 10.6 Å². The van der Waals surface area contributed by atoms with Crippen LogP contribution in [0.5, 0.6) is 0 Å². The molecule has 2 N–H and O–H groups in total. The quantitative estimate of drug-likeness (QED) is 0.630. The van der Waals surface area contributed by atoms with Crippen molar-refractivity contribution < 1.29 is 0 Å². The average molecular weight is 259 g/mol. The largest absolute Gasteiger partial charge is 0.356 e. The summed E-state index contributed by atoms with van der Waals surface area (Å²) in [5.74, 6) is 1.87. The molecule has 0 saturated heterocycles. The zero-order valence-electron chi connectivity index (χ0n) is 12.3. The van der Waals surface area contributed by atoms with E-state index < -0.39 is 0 Å². The molecular weight excluding hydrogens is 234 g/mol. The van der Waals surface area contributed by atoms with Crippen molar-refractivity contribution in [3.05, 3.63) is 34.9 Å². The molecule has 0 radical (unpaired) electrons. The van der Waals surface area contributed by atoms with E-state index in [0.717, 1.165) is 25.0 Å². The summed E-state index contributed by atoms with van der Waals surface area (Å²) in [4.78, 5) is 4.26. The van der Waals surface area contributed by atoms with Crippen LogP contribution in [0.2, 0.25) is 0 Å². The van der Waals surface area contributed by atoms with Crippen molar-refractivity contribution >= 4 is 5.96 Å². The molecule has 1 aliphatic rings. The number of aryl methyl sites for hydroxylation is 2. The highest BCUT2D eigenvalue weighted by Gasteiger charge is 2.20. The van der Waals surface area contributed by atoms with Crippen molar-refractivity contribution in [3.8, 4) is 0 Å². The summed E-state index contributed by atoms with van der Waals surface area (Å²) in [6.45, 7) is 6.14. The minimum absolute atomic E-state index is 0.829. The normalized spacial score (nSPS) is 15.4. The molecule has 0 atom stereocenters. The fourth-order valence-corrected chi connectivity index (χ4v) is 2.24. The third-order valence-corrected chi connectivity index (χ3v) is 3.71. The number of hydrogen-bond donors (Lipinski definition) is 2. The predicted octanol–water partition coefficient (Wildman–Crippen LogP) is 2.77. The van der Waals surface area contributed by atoms with Crippen molar-refractivity contribution in [1.82, 2.24) is 10.6 Å². The van der Waals surface area contributed by atoms with E-state index in [2.05, 4.69) is 47.7 Å². The second-order valence-corrected chi connectivity index (χ2v) is 5.51. The van der Waals surface area contributed by atoms with Gasteiger partial charge in [0.25, 0.3) is 0 Å². The van der Waals surface area contributed by atoms with Crippen LogP contribution in [0.3, 0.4) is 0 Å². The number of nitrogens with one attached hydrogen (secondary N) is 2. The maximum absolute atomic E-state index is 4.26. The van der Waals surface area contributed by atoms with E-state index in [1.54, 1.807) is 0 Å². The summed E-state index contributed by atoms with van der Waals surface area (Å²) in [6, 6.07) is 6.57. The Balaban J connectivity index is 1.78. The van der Waals surface area contributed by atoms with Gasteiger partial charge in [-0.25, -0.2) is 0 Å². The molecule has 0 heterocycles. The lowest BCUT2D eigenvalue weighted by Crippen LogP contribution is -2.37. The molecule has 104 valence electrons. The first-order chi connectivity index (χ1) is 9.19. The smallest absolute Gasteiger partial charge is 0.191 e. The summed E-state index contributed by atoms with van der Waals surface area (Å²) in [5.41, 5.74) is 3.98. The molecule has 0 amide bonds. The highest BCUT2D eigenvalue weighted by molar-refractivity contribution is 5.79. The van der Waals surface area contributed by atoms with Gasteiger partial charge in [-0.1, -0.05) is 36.6 Å². The van der Waals surface area contributed by atoms with Crippen LogP contribution >= 0.6 is 0 Å². The molecule has 1 saturated carbocycles. The highest BCUT2D eigenvalue weighted by Crippen LogP contribution is 2.31. The Morgan fingerprint density at radius 3 is 2.68 bits per heavy atom. The fourth-order valence-electron chi connectivity index (χ4n) is 2.24. The number of rotatable bonds is 5. The van der Waals surface area contributed by atoms with Gasteiger partial charge in [0, 0.05) is 20.1 Å². The predicted molar refractivity (Wildman–Crippen MR) is 81.5 cm³/mol. The van der Waals surface area contributed by atoms with Crippen LogP contribution in [-0.4, -0.2) is 19.6 Å². The lowest BCUT2D eigenvalue weighted by atomic mass is 10.1. The Hall–Kier alpha value is -1.51. The van der Waals surface area contributed by atoms with Crippen molar-refractivity contribution in [3.63, 3.8) is 0 Å². The van der Waals surface area contributed by atoms with Gasteiger partial charge in [0.05, 0.1) is 0 Å². The van der Waals surface area contributed by atoms with Crippen LogP contribution in [0.1, 0.15) is 36.0 Å². The van der Waals surface area contributed by atoms with Crippen LogP contribution in [0.25, 0.3) is 0 Å². The maximum Gasteiger partial charge on any atom is 0.191 e. The van der Waals surface area contributed by atoms with Crippen LogP contribution in [0.4, 0.5) is 0 Å². The summed E-state index contributed by atoms with van der Waals surface area (Å²) in [7, 11) is 1.83. The van der Waals surface area contributed by atoms with E-state index in [9.17, 15) is 0 Å². The first kappa shape index (κ1) is 13.9. The van der Waals surface area contributed by atoms with E-state index in [-0.39, 0.29) is 0 Å². The van der Waals surface area contributed by atoms with Gasteiger partial charge in [-0.05, 0) is 37.3 Å². The highest BCUT2D eigenvalue weighted by atomic mass is 15.2. The molecule has 1 aliphatic carbocycles. The Labute approximate surface area is 116 Å². The standard InChI is InChI=1S/C16H25N3/c1-12-4-7-15(13(2)10-12)11-19-16(17-3)18-9-8-14-5-6-14/h4,7,10,14H,5-6,8-9,11H2,1-3H3,(H2,17,18,19). The zero-order chi connectivity index (χ0) is 13.7. The van der Waals surface area contributed by atoms with Gasteiger partial charge in [0.15, 0.2) is 5.96 Å². The van der Waals surface area contributed by atoms with E-state index in [1.807, 2.05) is 7.05 Å². The molecule has 1 fully saturated rings. The lowest BCUT2D eigenvalue weighted by molar-refractivity contribution is 0.684. The first-order valence-electron chi connectivity index (χ1n) is 7.19. The van der Waals surface area contributed by atoms with E-state index in [4.69, 9.17) is 0 Å². The number of guanidine groups is 1. The van der Waals surface area contributed by atoms with E-state index in [1.165, 1.54) is 36.0 Å². The zero-order valence-corrected chi connectivity index (χ0v) is 12.3. The average Bonchev–Trinajstić information content (AvgIpc) is 3.19. The van der Waals surface area contributed by atoms with Crippen molar-refractivity contribution in [1.29, 1.82) is 0 Å². The van der Waals surface area contributed by atoms with Crippen LogP contribution in [-0.2, 0) is 6.54 Å². The summed E-state index contributed by atoms with van der Waals surface area (Å²) < 4.78 is 0. The minimum Gasteiger partial charge on any atom is -0.356 e. The van der Waals surface area contributed by atoms with Gasteiger partial charge in [-0.2, -0.15) is 0 Å². The number of hydrogen-bond acceptors (Lipinski definition) is 1. The molecule has 3 nitrogen and oxygen atoms in total. The molecule has 19 heavy (non-hydrogen) atoms. The van der Waals surface area contributed by atoms with E-state index >= 15 is 0 Å². The third-order valence-electron chi connectivity index (χ3n) is 3.71. The number of benzene rings is 1. The molecule has 0 aliphatic heterocycles. The van der Waals surface area contributed by atoms with Gasteiger partial charge in [0.1, 0.15) is 0 Å². The van der Waals surface area contributed by atoms with Gasteiger partial charge in [-0.15, -0.1) is 0 Å². The summed E-state index contributed by atoms with van der Waals surface area (Å²) >= 11 is 0. The number of aliphatic imine (C=N–C) groups is 1. The van der Waals surface area contributed by atoms with Crippen LogP contribution in [0, 0.1) is 19.8 Å². The van der Waals surface area contributed by atoms with Crippen molar-refractivity contribution in [2.75, 3.05) is 13.6 Å². The molecule has 2 rings (SSSR count). The number of nitrogens with zero attached hydrogens (tertiary/aromatic N) is 1. The molecule has 0 unspecified atom stereocenters. The van der Waals surface area contributed by atoms with Gasteiger partial charge in [-0.3, -0.25) is 4.99 Å². The maximum atomic E-state index is 4.26. The van der Waals surface area contributed by atoms with Gasteiger partial charge in [0.2, 0.25) is 0 Å². The van der Waals surface area contributed by atoms with Crippen molar-refractivity contribution in [2.45, 2.75) is 39.7 Å². The minimum atomic E-state index is 0.829. The topological polar surface area (TPSA) is 36.4 Å². The third kappa shape index (κ3) is 4.58. The molecule has 1 aromatic carbocycles. The SMILES string of the molecule is CN=C(NCCC1CC1)NCc1ccc(C)cc1C. The summed E-state index contributed by atoms with van der Waals surface area (Å²) in [6.07, 6.45) is 4.09. The molecular formula is C16H25N3. The molecule has 0 bridgehead atoms. The van der Waals surface area contributed by atoms with Gasteiger partial charge < -0.3 is 10.6 Å². The molecule has 1 aromatic rings. The lowest BCUT2D eigenvalue weighted by Gasteiger charge is -2.13. The Kier molecular flexibility index (Phi) is 4.83. The summed E-state index contributed by atoms with van der Waals surface area (Å²) in [5, 5.41) is 6.76. The molecule has 0 aromatic heterocycles. The van der Waals surface area contributed by atoms with E-state index in [0.29, 0.717) is 0 Å². The Morgan fingerprint density at radius 1 is 1.26 bits per heavy atom. The fraction of sp³-hybridized carbons (Fsp3) is 0.562. The first-order valence-corrected chi connectivity index (χ1v) is 7.19. The monoisotopic (exact) mass is 259 g/mol. The Morgan fingerprint density at radius 2 is 2.05 bits per heavy atom.